The Morgan fingerprint density at radius 1 is 1.23 bits per heavy atom. The van der Waals surface area contributed by atoms with Gasteiger partial charge in [0.1, 0.15) is 11.8 Å². The van der Waals surface area contributed by atoms with E-state index in [0.29, 0.717) is 44.1 Å². The first-order valence-electron chi connectivity index (χ1n) is 7.52. The molecule has 6 heteroatoms. The Morgan fingerprint density at radius 2 is 1.86 bits per heavy atom. The number of piperazine rings is 1. The number of carboxylic acid groups (broad SMARTS) is 1. The molecule has 0 radical (unpaired) electrons. The molecule has 1 aromatic carbocycles. The van der Waals surface area contributed by atoms with E-state index in [4.69, 9.17) is 9.84 Å². The summed E-state index contributed by atoms with van der Waals surface area (Å²) in [6, 6.07) is 6.69. The molecule has 0 bridgehead atoms. The van der Waals surface area contributed by atoms with Crippen molar-refractivity contribution in [2.45, 2.75) is 19.9 Å². The van der Waals surface area contributed by atoms with E-state index in [9.17, 15) is 9.59 Å². The molecule has 1 aromatic rings. The van der Waals surface area contributed by atoms with E-state index in [1.54, 1.807) is 24.0 Å². The SMILES string of the molecule is CCOc1ccccc1C(=O)N1CCN([C@H](C)C(=O)O)CC1. The molecule has 0 aliphatic carbocycles. The third kappa shape index (κ3) is 3.57. The Kier molecular flexibility index (Phi) is 5.38. The Labute approximate surface area is 130 Å². The van der Waals surface area contributed by atoms with Gasteiger partial charge in [-0.25, -0.2) is 0 Å². The second-order valence-electron chi connectivity index (χ2n) is 5.27. The van der Waals surface area contributed by atoms with Crippen LogP contribution in [0.4, 0.5) is 0 Å². The topological polar surface area (TPSA) is 70.1 Å². The number of carbonyl (C=O) groups is 2. The highest BCUT2D eigenvalue weighted by molar-refractivity contribution is 5.97. The molecule has 0 saturated carbocycles. The van der Waals surface area contributed by atoms with Crippen LogP contribution in [0.5, 0.6) is 5.75 Å². The van der Waals surface area contributed by atoms with Crippen molar-refractivity contribution in [3.63, 3.8) is 0 Å². The highest BCUT2D eigenvalue weighted by Gasteiger charge is 2.28. The summed E-state index contributed by atoms with van der Waals surface area (Å²) in [5, 5.41) is 9.04. The number of carboxylic acids is 1. The summed E-state index contributed by atoms with van der Waals surface area (Å²) in [5.74, 6) is -0.301. The van der Waals surface area contributed by atoms with E-state index >= 15 is 0 Å². The molecule has 1 aliphatic heterocycles. The summed E-state index contributed by atoms with van der Waals surface area (Å²) in [6.45, 7) is 6.24. The van der Waals surface area contributed by atoms with Gasteiger partial charge in [0.05, 0.1) is 12.2 Å². The molecule has 2 rings (SSSR count). The molecular weight excluding hydrogens is 284 g/mol. The van der Waals surface area contributed by atoms with Gasteiger partial charge >= 0.3 is 5.97 Å². The predicted molar refractivity (Wildman–Crippen MR) is 82.2 cm³/mol. The van der Waals surface area contributed by atoms with Crippen molar-refractivity contribution in [3.8, 4) is 5.75 Å². The number of carbonyl (C=O) groups excluding carboxylic acids is 1. The number of hydrogen-bond acceptors (Lipinski definition) is 4. The lowest BCUT2D eigenvalue weighted by Crippen LogP contribution is -2.53. The minimum Gasteiger partial charge on any atom is -0.493 e. The second kappa shape index (κ2) is 7.26. The van der Waals surface area contributed by atoms with Crippen LogP contribution in [0, 0.1) is 0 Å². The van der Waals surface area contributed by atoms with Crippen LogP contribution in [0.25, 0.3) is 0 Å². The monoisotopic (exact) mass is 306 g/mol. The van der Waals surface area contributed by atoms with E-state index in [1.165, 1.54) is 0 Å². The second-order valence-corrected chi connectivity index (χ2v) is 5.27. The normalized spacial score (nSPS) is 17.1. The summed E-state index contributed by atoms with van der Waals surface area (Å²) in [7, 11) is 0. The van der Waals surface area contributed by atoms with Crippen molar-refractivity contribution in [2.24, 2.45) is 0 Å². The van der Waals surface area contributed by atoms with Crippen LogP contribution >= 0.6 is 0 Å². The molecule has 0 spiro atoms. The molecular formula is C16H22N2O4. The fourth-order valence-corrected chi connectivity index (χ4v) is 2.56. The fraction of sp³-hybridized carbons (Fsp3) is 0.500. The number of ether oxygens (including phenoxy) is 1. The highest BCUT2D eigenvalue weighted by atomic mass is 16.5. The molecule has 1 amide bonds. The summed E-state index contributed by atoms with van der Waals surface area (Å²) >= 11 is 0. The maximum absolute atomic E-state index is 12.6. The van der Waals surface area contributed by atoms with E-state index in [-0.39, 0.29) is 5.91 Å². The minimum atomic E-state index is -0.832. The van der Waals surface area contributed by atoms with Crippen LogP contribution in [-0.2, 0) is 4.79 Å². The molecule has 6 nitrogen and oxygen atoms in total. The van der Waals surface area contributed by atoms with Gasteiger partial charge in [-0.05, 0) is 26.0 Å². The van der Waals surface area contributed by atoms with E-state index < -0.39 is 12.0 Å². The molecule has 1 saturated heterocycles. The lowest BCUT2D eigenvalue weighted by molar-refractivity contribution is -0.143. The number of para-hydroxylation sites is 1. The van der Waals surface area contributed by atoms with Crippen molar-refractivity contribution in [3.05, 3.63) is 29.8 Å². The lowest BCUT2D eigenvalue weighted by atomic mass is 10.1. The molecule has 120 valence electrons. The maximum atomic E-state index is 12.6. The van der Waals surface area contributed by atoms with Gasteiger partial charge in [-0.15, -0.1) is 0 Å². The van der Waals surface area contributed by atoms with Crippen LogP contribution in [0.15, 0.2) is 24.3 Å². The minimum absolute atomic E-state index is 0.0633. The maximum Gasteiger partial charge on any atom is 0.320 e. The average molecular weight is 306 g/mol. The molecule has 1 fully saturated rings. The fourth-order valence-electron chi connectivity index (χ4n) is 2.56. The quantitative estimate of drug-likeness (QED) is 0.888. The molecule has 1 aliphatic rings. The van der Waals surface area contributed by atoms with Gasteiger partial charge in [0.25, 0.3) is 5.91 Å². The first-order valence-corrected chi connectivity index (χ1v) is 7.52. The average Bonchev–Trinajstić information content (AvgIpc) is 2.54. The van der Waals surface area contributed by atoms with Gasteiger partial charge in [0.2, 0.25) is 0 Å². The molecule has 0 aromatic heterocycles. The predicted octanol–water partition coefficient (Wildman–Crippen LogP) is 1.32. The van der Waals surface area contributed by atoms with E-state index in [2.05, 4.69) is 0 Å². The smallest absolute Gasteiger partial charge is 0.320 e. The third-order valence-corrected chi connectivity index (χ3v) is 3.92. The zero-order valence-electron chi connectivity index (χ0n) is 13.0. The number of benzene rings is 1. The number of aliphatic carboxylic acids is 1. The third-order valence-electron chi connectivity index (χ3n) is 3.92. The largest absolute Gasteiger partial charge is 0.493 e. The van der Waals surface area contributed by atoms with Crippen molar-refractivity contribution < 1.29 is 19.4 Å². The van der Waals surface area contributed by atoms with Gasteiger partial charge in [0.15, 0.2) is 0 Å². The van der Waals surface area contributed by atoms with Gasteiger partial charge in [-0.2, -0.15) is 0 Å². The number of rotatable bonds is 5. The molecule has 1 N–H and O–H groups in total. The van der Waals surface area contributed by atoms with Gasteiger partial charge in [-0.1, -0.05) is 12.1 Å². The van der Waals surface area contributed by atoms with Crippen molar-refractivity contribution in [1.82, 2.24) is 9.80 Å². The Bertz CT molecular complexity index is 539. The Morgan fingerprint density at radius 3 is 2.45 bits per heavy atom. The van der Waals surface area contributed by atoms with Gasteiger partial charge < -0.3 is 14.7 Å². The summed E-state index contributed by atoms with van der Waals surface area (Å²) < 4.78 is 5.50. The van der Waals surface area contributed by atoms with Crippen molar-refractivity contribution in [2.75, 3.05) is 32.8 Å². The zero-order valence-corrected chi connectivity index (χ0v) is 13.0. The highest BCUT2D eigenvalue weighted by Crippen LogP contribution is 2.21. The van der Waals surface area contributed by atoms with Crippen LogP contribution in [0.3, 0.4) is 0 Å². The Balaban J connectivity index is 2.02. The summed E-state index contributed by atoms with van der Waals surface area (Å²) in [6.07, 6.45) is 0. The van der Waals surface area contributed by atoms with E-state index in [1.807, 2.05) is 24.0 Å². The number of hydrogen-bond donors (Lipinski definition) is 1. The van der Waals surface area contributed by atoms with Crippen molar-refractivity contribution in [1.29, 1.82) is 0 Å². The van der Waals surface area contributed by atoms with Gasteiger partial charge in [-0.3, -0.25) is 14.5 Å². The summed E-state index contributed by atoms with van der Waals surface area (Å²) in [5.41, 5.74) is 0.559. The van der Waals surface area contributed by atoms with Crippen LogP contribution in [0.1, 0.15) is 24.2 Å². The van der Waals surface area contributed by atoms with Crippen LogP contribution in [0.2, 0.25) is 0 Å². The first kappa shape index (κ1) is 16.3. The molecule has 1 heterocycles. The lowest BCUT2D eigenvalue weighted by Gasteiger charge is -2.36. The molecule has 1 atom stereocenters. The zero-order chi connectivity index (χ0) is 16.1. The standard InChI is InChI=1S/C16H22N2O4/c1-3-22-14-7-5-4-6-13(14)15(19)18-10-8-17(9-11-18)12(2)16(20)21/h4-7,12H,3,8-11H2,1-2H3,(H,20,21)/t12-/m1/s1. The molecule has 22 heavy (non-hydrogen) atoms. The number of nitrogens with zero attached hydrogens (tertiary/aromatic N) is 2. The van der Waals surface area contributed by atoms with Crippen LogP contribution < -0.4 is 4.74 Å². The van der Waals surface area contributed by atoms with Crippen LogP contribution in [-0.4, -0.2) is 65.6 Å². The van der Waals surface area contributed by atoms with Gasteiger partial charge in [0, 0.05) is 26.2 Å². The van der Waals surface area contributed by atoms with Crippen molar-refractivity contribution >= 4 is 11.9 Å². The first-order chi connectivity index (χ1) is 10.5. The van der Waals surface area contributed by atoms with E-state index in [0.717, 1.165) is 0 Å². The number of amides is 1. The summed E-state index contributed by atoms with van der Waals surface area (Å²) in [4.78, 5) is 27.3. The Hall–Kier alpha value is -2.08. The molecule has 0 unspecified atom stereocenters.